The third-order valence-electron chi connectivity index (χ3n) is 2.76. The molecular formula is C11H24N2. The van der Waals surface area contributed by atoms with Gasteiger partial charge >= 0.3 is 0 Å². The minimum absolute atomic E-state index is 0.756. The number of unbranched alkanes of at least 4 members (excludes halogenated alkanes) is 3. The highest BCUT2D eigenvalue weighted by atomic mass is 15.0. The van der Waals surface area contributed by atoms with Gasteiger partial charge in [-0.25, -0.2) is 0 Å². The second-order valence-corrected chi connectivity index (χ2v) is 4.06. The fourth-order valence-corrected chi connectivity index (χ4v) is 1.88. The second-order valence-electron chi connectivity index (χ2n) is 4.06. The van der Waals surface area contributed by atoms with Gasteiger partial charge in [-0.15, -0.1) is 0 Å². The van der Waals surface area contributed by atoms with Crippen LogP contribution in [0.1, 0.15) is 45.4 Å². The van der Waals surface area contributed by atoms with Crippen LogP contribution in [0.4, 0.5) is 0 Å². The van der Waals surface area contributed by atoms with E-state index < -0.39 is 0 Å². The van der Waals surface area contributed by atoms with Crippen molar-refractivity contribution >= 4 is 0 Å². The molecule has 13 heavy (non-hydrogen) atoms. The lowest BCUT2D eigenvalue weighted by molar-refractivity contribution is 0.519. The monoisotopic (exact) mass is 184 g/mol. The minimum Gasteiger partial charge on any atom is -0.315 e. The molecule has 0 aliphatic carbocycles. The van der Waals surface area contributed by atoms with E-state index in [1.165, 1.54) is 58.2 Å². The van der Waals surface area contributed by atoms with Crippen molar-refractivity contribution < 1.29 is 0 Å². The lowest BCUT2D eigenvalue weighted by atomic mass is 10.2. The molecular weight excluding hydrogens is 160 g/mol. The van der Waals surface area contributed by atoms with E-state index in [1.807, 2.05) is 0 Å². The van der Waals surface area contributed by atoms with E-state index in [0.29, 0.717) is 0 Å². The van der Waals surface area contributed by atoms with Gasteiger partial charge in [0.05, 0.1) is 0 Å². The first-order chi connectivity index (χ1) is 6.43. The van der Waals surface area contributed by atoms with Crippen LogP contribution < -0.4 is 10.6 Å². The molecule has 2 nitrogen and oxygen atoms in total. The standard InChI is InChI=1S/C11H24N2/c1-2-3-4-5-8-12-10-11-7-6-9-13-11/h11-13H,2-10H2,1H3. The molecule has 0 bridgehead atoms. The Morgan fingerprint density at radius 2 is 2.23 bits per heavy atom. The first-order valence-electron chi connectivity index (χ1n) is 5.87. The average molecular weight is 184 g/mol. The normalized spacial score (nSPS) is 22.4. The number of hydrogen-bond acceptors (Lipinski definition) is 2. The molecule has 0 aromatic rings. The summed E-state index contributed by atoms with van der Waals surface area (Å²) in [4.78, 5) is 0. The van der Waals surface area contributed by atoms with Crippen molar-refractivity contribution in [1.29, 1.82) is 0 Å². The molecule has 78 valence electrons. The topological polar surface area (TPSA) is 24.1 Å². The van der Waals surface area contributed by atoms with Gasteiger partial charge in [-0.05, 0) is 32.4 Å². The van der Waals surface area contributed by atoms with Gasteiger partial charge in [-0.2, -0.15) is 0 Å². The molecule has 2 heteroatoms. The Morgan fingerprint density at radius 1 is 1.31 bits per heavy atom. The summed E-state index contributed by atoms with van der Waals surface area (Å²) >= 11 is 0. The first-order valence-corrected chi connectivity index (χ1v) is 5.87. The fraction of sp³-hybridized carbons (Fsp3) is 1.00. The van der Waals surface area contributed by atoms with Gasteiger partial charge in [0.2, 0.25) is 0 Å². The van der Waals surface area contributed by atoms with E-state index >= 15 is 0 Å². The van der Waals surface area contributed by atoms with Crippen LogP contribution in [-0.2, 0) is 0 Å². The van der Waals surface area contributed by atoms with Crippen molar-refractivity contribution in [2.45, 2.75) is 51.5 Å². The zero-order valence-corrected chi connectivity index (χ0v) is 8.94. The van der Waals surface area contributed by atoms with Crippen LogP contribution in [0.25, 0.3) is 0 Å². The molecule has 1 heterocycles. The van der Waals surface area contributed by atoms with E-state index in [0.717, 1.165) is 6.04 Å². The van der Waals surface area contributed by atoms with Crippen LogP contribution in [0.5, 0.6) is 0 Å². The van der Waals surface area contributed by atoms with Crippen molar-refractivity contribution in [2.75, 3.05) is 19.6 Å². The molecule has 0 aromatic carbocycles. The smallest absolute Gasteiger partial charge is 0.0192 e. The highest BCUT2D eigenvalue weighted by molar-refractivity contribution is 4.75. The maximum absolute atomic E-state index is 3.52. The molecule has 1 fully saturated rings. The molecule has 1 rings (SSSR count). The van der Waals surface area contributed by atoms with Gasteiger partial charge in [0.1, 0.15) is 0 Å². The zero-order valence-electron chi connectivity index (χ0n) is 8.94. The SMILES string of the molecule is CCCCCCNCC1CCCN1. The van der Waals surface area contributed by atoms with Crippen LogP contribution in [0.2, 0.25) is 0 Å². The Bertz CT molecular complexity index is 109. The third-order valence-corrected chi connectivity index (χ3v) is 2.76. The van der Waals surface area contributed by atoms with Gasteiger partial charge in [0.25, 0.3) is 0 Å². The quantitative estimate of drug-likeness (QED) is 0.591. The largest absolute Gasteiger partial charge is 0.315 e. The highest BCUT2D eigenvalue weighted by Crippen LogP contribution is 2.03. The lowest BCUT2D eigenvalue weighted by Crippen LogP contribution is -2.34. The molecule has 1 aliphatic heterocycles. The molecule has 1 saturated heterocycles. The Hall–Kier alpha value is -0.0800. The van der Waals surface area contributed by atoms with Crippen molar-refractivity contribution in [1.82, 2.24) is 10.6 Å². The van der Waals surface area contributed by atoms with Crippen molar-refractivity contribution in [3.05, 3.63) is 0 Å². The maximum Gasteiger partial charge on any atom is 0.0192 e. The molecule has 2 N–H and O–H groups in total. The molecule has 1 aliphatic rings. The van der Waals surface area contributed by atoms with E-state index in [4.69, 9.17) is 0 Å². The van der Waals surface area contributed by atoms with E-state index in [2.05, 4.69) is 17.6 Å². The minimum atomic E-state index is 0.756. The average Bonchev–Trinajstić information content (AvgIpc) is 2.63. The first kappa shape index (κ1) is 11.0. The zero-order chi connectivity index (χ0) is 9.36. The summed E-state index contributed by atoms with van der Waals surface area (Å²) in [5.41, 5.74) is 0. The number of hydrogen-bond donors (Lipinski definition) is 2. The Labute approximate surface area is 82.5 Å². The van der Waals surface area contributed by atoms with Gasteiger partial charge in [-0.3, -0.25) is 0 Å². The van der Waals surface area contributed by atoms with Gasteiger partial charge in [0.15, 0.2) is 0 Å². The fourth-order valence-electron chi connectivity index (χ4n) is 1.88. The molecule has 0 amide bonds. The predicted octanol–water partition coefficient (Wildman–Crippen LogP) is 1.91. The van der Waals surface area contributed by atoms with E-state index in [-0.39, 0.29) is 0 Å². The molecule has 0 aromatic heterocycles. The Morgan fingerprint density at radius 3 is 2.92 bits per heavy atom. The maximum atomic E-state index is 3.52. The predicted molar refractivity (Wildman–Crippen MR) is 58.0 cm³/mol. The van der Waals surface area contributed by atoms with Crippen LogP contribution in [-0.4, -0.2) is 25.7 Å². The molecule has 0 radical (unpaired) electrons. The summed E-state index contributed by atoms with van der Waals surface area (Å²) in [5.74, 6) is 0. The van der Waals surface area contributed by atoms with Crippen LogP contribution in [0, 0.1) is 0 Å². The lowest BCUT2D eigenvalue weighted by Gasteiger charge is -2.10. The summed E-state index contributed by atoms with van der Waals surface area (Å²) in [6.45, 7) is 5.86. The third kappa shape index (κ3) is 5.27. The van der Waals surface area contributed by atoms with Gasteiger partial charge in [0, 0.05) is 12.6 Å². The number of nitrogens with one attached hydrogen (secondary N) is 2. The molecule has 0 saturated carbocycles. The summed E-state index contributed by atoms with van der Waals surface area (Å²) in [6, 6.07) is 0.756. The van der Waals surface area contributed by atoms with Crippen molar-refractivity contribution in [2.24, 2.45) is 0 Å². The highest BCUT2D eigenvalue weighted by Gasteiger charge is 2.12. The van der Waals surface area contributed by atoms with E-state index in [1.54, 1.807) is 0 Å². The van der Waals surface area contributed by atoms with Gasteiger partial charge < -0.3 is 10.6 Å². The van der Waals surface area contributed by atoms with Gasteiger partial charge in [-0.1, -0.05) is 26.2 Å². The Balaban J connectivity index is 1.78. The molecule has 1 atom stereocenters. The Kier molecular flexibility index (Phi) is 6.21. The van der Waals surface area contributed by atoms with E-state index in [9.17, 15) is 0 Å². The second kappa shape index (κ2) is 7.34. The summed E-state index contributed by atoms with van der Waals surface area (Å²) in [5, 5.41) is 7.02. The van der Waals surface area contributed by atoms with Crippen LogP contribution in [0.3, 0.4) is 0 Å². The molecule has 0 spiro atoms. The number of rotatable bonds is 7. The molecule has 1 unspecified atom stereocenters. The summed E-state index contributed by atoms with van der Waals surface area (Å²) in [7, 11) is 0. The summed E-state index contributed by atoms with van der Waals surface area (Å²) in [6.07, 6.45) is 8.19. The van der Waals surface area contributed by atoms with Crippen molar-refractivity contribution in [3.63, 3.8) is 0 Å². The summed E-state index contributed by atoms with van der Waals surface area (Å²) < 4.78 is 0. The van der Waals surface area contributed by atoms with Crippen LogP contribution in [0.15, 0.2) is 0 Å². The van der Waals surface area contributed by atoms with Crippen LogP contribution >= 0.6 is 0 Å². The van der Waals surface area contributed by atoms with Crippen molar-refractivity contribution in [3.8, 4) is 0 Å².